The second-order valence-electron chi connectivity index (χ2n) is 13.6. The predicted octanol–water partition coefficient (Wildman–Crippen LogP) is 8.19. The summed E-state index contributed by atoms with van der Waals surface area (Å²) in [5.74, 6) is 0.394. The molecule has 1 heterocycles. The summed E-state index contributed by atoms with van der Waals surface area (Å²) in [7, 11) is -2.12. The molecule has 0 aliphatic carbocycles. The highest BCUT2D eigenvalue weighted by Crippen LogP contribution is 2.40. The third kappa shape index (κ3) is 8.67. The third-order valence-corrected chi connectivity index (χ3v) is 13.6. The number of fused-ring (bicyclic) bond motifs is 1. The van der Waals surface area contributed by atoms with Gasteiger partial charge < -0.3 is 28.9 Å². The van der Waals surface area contributed by atoms with Crippen LogP contribution in [-0.4, -0.2) is 43.2 Å². The van der Waals surface area contributed by atoms with Gasteiger partial charge in [-0.2, -0.15) is 0 Å². The maximum Gasteiger partial charge on any atom is 0.354 e. The average Bonchev–Trinajstić information content (AvgIpc) is 3.40. The van der Waals surface area contributed by atoms with E-state index in [0.29, 0.717) is 37.7 Å². The van der Waals surface area contributed by atoms with Crippen molar-refractivity contribution in [1.29, 1.82) is 0 Å². The van der Waals surface area contributed by atoms with Crippen molar-refractivity contribution in [1.82, 2.24) is 9.88 Å². The summed E-state index contributed by atoms with van der Waals surface area (Å²) in [4.78, 5) is 12.6. The van der Waals surface area contributed by atoms with E-state index >= 15 is 0 Å². The lowest BCUT2D eigenvalue weighted by Crippen LogP contribution is -2.44. The molecule has 0 bridgehead atoms. The van der Waals surface area contributed by atoms with E-state index in [1.54, 1.807) is 0 Å². The van der Waals surface area contributed by atoms with E-state index in [9.17, 15) is 9.90 Å². The summed E-state index contributed by atoms with van der Waals surface area (Å²) in [6.45, 7) is 19.4. The van der Waals surface area contributed by atoms with Crippen LogP contribution >= 0.6 is 0 Å². The minimum atomic E-state index is -2.12. The molecule has 248 valence electrons. The molecular formula is C38H52N2O5Si. The van der Waals surface area contributed by atoms with Crippen LogP contribution in [0.2, 0.25) is 18.1 Å². The van der Waals surface area contributed by atoms with Crippen molar-refractivity contribution in [2.24, 2.45) is 0 Å². The Morgan fingerprint density at radius 1 is 0.978 bits per heavy atom. The summed E-state index contributed by atoms with van der Waals surface area (Å²) in [5, 5.41) is 15.1. The molecule has 8 heteroatoms. The molecule has 0 aliphatic heterocycles. The van der Waals surface area contributed by atoms with Crippen LogP contribution in [-0.2, 0) is 35.3 Å². The Balaban J connectivity index is 1.51. The molecular weight excluding hydrogens is 593 g/mol. The molecule has 2 N–H and O–H groups in total. The van der Waals surface area contributed by atoms with Crippen LogP contribution in [0.1, 0.15) is 80.4 Å². The maximum absolute atomic E-state index is 12.6. The number of hydrogen-bond acceptors (Lipinski definition) is 6. The summed E-state index contributed by atoms with van der Waals surface area (Å²) < 4.78 is 20.4. The molecule has 1 aromatic heterocycles. The first-order valence-electron chi connectivity index (χ1n) is 16.5. The first-order chi connectivity index (χ1) is 21.9. The van der Waals surface area contributed by atoms with E-state index < -0.39 is 8.32 Å². The molecule has 4 aromatic rings. The molecule has 0 spiro atoms. The van der Waals surface area contributed by atoms with Crippen molar-refractivity contribution in [2.75, 3.05) is 13.2 Å². The molecule has 0 amide bonds. The molecule has 0 saturated heterocycles. The van der Waals surface area contributed by atoms with Crippen LogP contribution in [0.15, 0.2) is 72.8 Å². The number of carbonyl (C=O) groups excluding carboxylic acids is 1. The first-order valence-corrected chi connectivity index (χ1v) is 19.4. The largest absolute Gasteiger partial charge is 0.489 e. The number of aryl methyl sites for hydroxylation is 1. The lowest BCUT2D eigenvalue weighted by Gasteiger charge is -2.40. The second kappa shape index (κ2) is 15.4. The fraction of sp³-hybridized carbons (Fsp3) is 0.447. The molecule has 46 heavy (non-hydrogen) atoms. The van der Waals surface area contributed by atoms with Gasteiger partial charge in [0.05, 0.1) is 19.3 Å². The number of rotatable bonds is 15. The van der Waals surface area contributed by atoms with Gasteiger partial charge in [-0.1, -0.05) is 63.2 Å². The van der Waals surface area contributed by atoms with Gasteiger partial charge in [0.2, 0.25) is 0 Å². The van der Waals surface area contributed by atoms with E-state index in [-0.39, 0.29) is 29.8 Å². The molecule has 0 saturated carbocycles. The maximum atomic E-state index is 12.6. The van der Waals surface area contributed by atoms with Crippen molar-refractivity contribution >= 4 is 25.2 Å². The second-order valence-corrected chi connectivity index (χ2v) is 18.3. The topological polar surface area (TPSA) is 82.0 Å². The molecule has 0 aliphatic rings. The van der Waals surface area contributed by atoms with Gasteiger partial charge in [-0.15, -0.1) is 0 Å². The van der Waals surface area contributed by atoms with Gasteiger partial charge in [0.15, 0.2) is 8.32 Å². The highest BCUT2D eigenvalue weighted by molar-refractivity contribution is 6.74. The summed E-state index contributed by atoms with van der Waals surface area (Å²) in [6, 6.07) is 24.6. The van der Waals surface area contributed by atoms with Crippen molar-refractivity contribution in [3.8, 4) is 5.75 Å². The van der Waals surface area contributed by atoms with Gasteiger partial charge in [-0.05, 0) is 92.3 Å². The number of nitrogens with zero attached hydrogens (tertiary/aromatic N) is 1. The summed E-state index contributed by atoms with van der Waals surface area (Å²) in [6.07, 6.45) is 0.633. The fourth-order valence-corrected chi connectivity index (χ4v) is 6.74. The van der Waals surface area contributed by atoms with Crippen molar-refractivity contribution < 1.29 is 23.8 Å². The average molecular weight is 645 g/mol. The van der Waals surface area contributed by atoms with Gasteiger partial charge in [0.1, 0.15) is 18.1 Å². The van der Waals surface area contributed by atoms with Crippen LogP contribution in [0, 0.1) is 0 Å². The van der Waals surface area contributed by atoms with Gasteiger partial charge >= 0.3 is 5.97 Å². The Hall–Kier alpha value is -3.43. The van der Waals surface area contributed by atoms with Crippen LogP contribution < -0.4 is 10.1 Å². The lowest BCUT2D eigenvalue weighted by molar-refractivity contribution is 0.0514. The molecule has 0 radical (unpaired) electrons. The quantitative estimate of drug-likeness (QED) is 0.100. The highest BCUT2D eigenvalue weighted by atomic mass is 28.4. The van der Waals surface area contributed by atoms with E-state index in [1.165, 1.54) is 5.56 Å². The van der Waals surface area contributed by atoms with Gasteiger partial charge in [0, 0.05) is 35.6 Å². The number of aromatic nitrogens is 1. The Morgan fingerprint density at radius 3 is 2.37 bits per heavy atom. The van der Waals surface area contributed by atoms with Gasteiger partial charge in [0.25, 0.3) is 0 Å². The minimum Gasteiger partial charge on any atom is -0.489 e. The van der Waals surface area contributed by atoms with Crippen LogP contribution in [0.4, 0.5) is 0 Å². The summed E-state index contributed by atoms with van der Waals surface area (Å²) in [5.41, 5.74) is 5.67. The first kappa shape index (κ1) is 35.4. The van der Waals surface area contributed by atoms with Crippen LogP contribution in [0.25, 0.3) is 10.9 Å². The molecule has 4 rings (SSSR count). The Labute approximate surface area is 276 Å². The molecule has 2 atom stereocenters. The van der Waals surface area contributed by atoms with Crippen LogP contribution in [0.5, 0.6) is 5.75 Å². The number of aliphatic hydroxyl groups excluding tert-OH is 1. The van der Waals surface area contributed by atoms with E-state index in [0.717, 1.165) is 34.0 Å². The SMILES string of the molecule is CCOC(=O)c1cc2cc(C[C@@H](C)NC[C@H](O[Si](C)(C)C(C)(C)C)c3ccc(OCc4ccccc4)c(CO)c3)ccc2n1CC. The minimum absolute atomic E-state index is 0.0438. The van der Waals surface area contributed by atoms with Crippen LogP contribution in [0.3, 0.4) is 0 Å². The predicted molar refractivity (Wildman–Crippen MR) is 189 cm³/mol. The Bertz CT molecular complexity index is 1590. The Morgan fingerprint density at radius 2 is 1.72 bits per heavy atom. The number of benzene rings is 3. The number of esters is 1. The lowest BCUT2D eigenvalue weighted by atomic mass is 10.0. The highest BCUT2D eigenvalue weighted by Gasteiger charge is 2.39. The third-order valence-electron chi connectivity index (χ3n) is 9.07. The normalized spacial score (nSPS) is 13.5. The number of aliphatic hydroxyl groups is 1. The molecule has 3 aromatic carbocycles. The van der Waals surface area contributed by atoms with Gasteiger partial charge in [-0.25, -0.2) is 4.79 Å². The number of ether oxygens (including phenoxy) is 2. The summed E-state index contributed by atoms with van der Waals surface area (Å²) >= 11 is 0. The number of carbonyl (C=O) groups is 1. The van der Waals surface area contributed by atoms with Crippen molar-refractivity contribution in [3.05, 3.63) is 101 Å². The van der Waals surface area contributed by atoms with E-state index in [4.69, 9.17) is 13.9 Å². The number of nitrogens with one attached hydrogen (secondary N) is 1. The zero-order chi connectivity index (χ0) is 33.5. The zero-order valence-electron chi connectivity index (χ0n) is 28.9. The molecule has 0 unspecified atom stereocenters. The van der Waals surface area contributed by atoms with E-state index in [1.807, 2.05) is 66.9 Å². The van der Waals surface area contributed by atoms with Crippen molar-refractivity contribution in [2.45, 2.75) is 98.0 Å². The monoisotopic (exact) mass is 644 g/mol. The smallest absolute Gasteiger partial charge is 0.354 e. The molecule has 0 fully saturated rings. The van der Waals surface area contributed by atoms with Crippen molar-refractivity contribution in [3.63, 3.8) is 0 Å². The molecule has 7 nitrogen and oxygen atoms in total. The Kier molecular flexibility index (Phi) is 11.9. The van der Waals surface area contributed by atoms with Gasteiger partial charge in [-0.3, -0.25) is 0 Å². The van der Waals surface area contributed by atoms with E-state index in [2.05, 4.69) is 70.4 Å². The zero-order valence-corrected chi connectivity index (χ0v) is 29.9. The number of hydrogen-bond donors (Lipinski definition) is 2. The standard InChI is InChI=1S/C38H52N2O5Si/c1-9-40-33-18-16-29(21-31(33)23-34(40)37(42)43-10-2)20-27(3)39-24-36(45-46(7,8)38(4,5)6)30-17-19-35(32(22-30)25-41)44-26-28-14-12-11-13-15-28/h11-19,21-23,27,36,39,41H,9-10,20,24-26H2,1-8H3/t27-,36+/m1/s1. The fourth-order valence-electron chi connectivity index (χ4n) is 5.46.